The Hall–Kier alpha value is -0.900. The zero-order chi connectivity index (χ0) is 11.1. The maximum Gasteiger partial charge on any atom is 0.0716 e. The third-order valence-corrected chi connectivity index (χ3v) is 2.28. The van der Waals surface area contributed by atoms with Gasteiger partial charge in [-0.15, -0.1) is 0 Å². The summed E-state index contributed by atoms with van der Waals surface area (Å²) in [5, 5.41) is 9.42. The topological polar surface area (TPSA) is 55.5 Å². The van der Waals surface area contributed by atoms with Gasteiger partial charge < -0.3 is 15.6 Å². The highest BCUT2D eigenvalue weighted by molar-refractivity contribution is 5.13. The van der Waals surface area contributed by atoms with Crippen molar-refractivity contribution in [1.82, 2.24) is 0 Å². The molecule has 0 heterocycles. The summed E-state index contributed by atoms with van der Waals surface area (Å²) in [5.74, 6) is 0. The van der Waals surface area contributed by atoms with Gasteiger partial charge >= 0.3 is 0 Å². The van der Waals surface area contributed by atoms with Gasteiger partial charge in [0.15, 0.2) is 0 Å². The van der Waals surface area contributed by atoms with Gasteiger partial charge in [-0.05, 0) is 18.9 Å². The first-order valence-corrected chi connectivity index (χ1v) is 5.25. The fraction of sp³-hybridized carbons (Fsp3) is 0.500. The molecule has 0 aliphatic carbocycles. The second-order valence-corrected chi connectivity index (χ2v) is 3.75. The Kier molecular flexibility index (Phi) is 5.32. The van der Waals surface area contributed by atoms with E-state index in [4.69, 9.17) is 10.5 Å². The number of ether oxygens (including phenoxy) is 1. The standard InChI is InChI=1S/C12H19NO2/c1-10(13)12(14)7-8-15-9-11-5-3-2-4-6-11/h2-6,10,12,14H,7-9,13H2,1H3/t10-,12+/m1/s1. The van der Waals surface area contributed by atoms with Crippen LogP contribution in [0.3, 0.4) is 0 Å². The van der Waals surface area contributed by atoms with Gasteiger partial charge in [-0.25, -0.2) is 0 Å². The summed E-state index contributed by atoms with van der Waals surface area (Å²) < 4.78 is 5.42. The molecule has 0 spiro atoms. The minimum Gasteiger partial charge on any atom is -0.391 e. The van der Waals surface area contributed by atoms with Gasteiger partial charge in [-0.3, -0.25) is 0 Å². The van der Waals surface area contributed by atoms with E-state index in [1.54, 1.807) is 6.92 Å². The van der Waals surface area contributed by atoms with E-state index in [1.165, 1.54) is 0 Å². The van der Waals surface area contributed by atoms with Crippen molar-refractivity contribution in [1.29, 1.82) is 0 Å². The highest BCUT2D eigenvalue weighted by Gasteiger charge is 2.08. The molecule has 3 N–H and O–H groups in total. The number of hydrogen-bond acceptors (Lipinski definition) is 3. The molecule has 2 atom stereocenters. The lowest BCUT2D eigenvalue weighted by molar-refractivity contribution is 0.0650. The van der Waals surface area contributed by atoms with Crippen LogP contribution in [0.25, 0.3) is 0 Å². The van der Waals surface area contributed by atoms with Gasteiger partial charge in [0.1, 0.15) is 0 Å². The van der Waals surface area contributed by atoms with Crippen LogP contribution in [0.5, 0.6) is 0 Å². The Morgan fingerprint density at radius 1 is 1.33 bits per heavy atom. The van der Waals surface area contributed by atoms with Crippen LogP contribution in [0.4, 0.5) is 0 Å². The smallest absolute Gasteiger partial charge is 0.0716 e. The molecule has 15 heavy (non-hydrogen) atoms. The molecule has 0 aromatic heterocycles. The summed E-state index contributed by atoms with van der Waals surface area (Å²) in [5.41, 5.74) is 6.67. The van der Waals surface area contributed by atoms with Crippen molar-refractivity contribution in [2.75, 3.05) is 6.61 Å². The lowest BCUT2D eigenvalue weighted by Gasteiger charge is -2.14. The quantitative estimate of drug-likeness (QED) is 0.694. The number of rotatable bonds is 6. The van der Waals surface area contributed by atoms with Gasteiger partial charge in [-0.2, -0.15) is 0 Å². The van der Waals surface area contributed by atoms with Gasteiger partial charge in [0.25, 0.3) is 0 Å². The van der Waals surface area contributed by atoms with Crippen molar-refractivity contribution < 1.29 is 9.84 Å². The summed E-state index contributed by atoms with van der Waals surface area (Å²) in [4.78, 5) is 0. The predicted molar refractivity (Wildman–Crippen MR) is 60.4 cm³/mol. The molecule has 84 valence electrons. The Morgan fingerprint density at radius 3 is 2.60 bits per heavy atom. The third kappa shape index (κ3) is 4.93. The third-order valence-electron chi connectivity index (χ3n) is 2.28. The molecule has 1 aromatic rings. The molecular weight excluding hydrogens is 190 g/mol. The molecule has 0 saturated carbocycles. The molecule has 0 bridgehead atoms. The Bertz CT molecular complexity index is 262. The van der Waals surface area contributed by atoms with Gasteiger partial charge in [0, 0.05) is 12.6 Å². The van der Waals surface area contributed by atoms with Crippen LogP contribution in [-0.2, 0) is 11.3 Å². The van der Waals surface area contributed by atoms with Crippen LogP contribution in [0.1, 0.15) is 18.9 Å². The first-order chi connectivity index (χ1) is 7.20. The maximum absolute atomic E-state index is 9.42. The second-order valence-electron chi connectivity index (χ2n) is 3.75. The molecule has 3 heteroatoms. The van der Waals surface area contributed by atoms with Crippen LogP contribution < -0.4 is 5.73 Å². The van der Waals surface area contributed by atoms with Crippen LogP contribution in [0.2, 0.25) is 0 Å². The number of aliphatic hydroxyl groups is 1. The predicted octanol–water partition coefficient (Wildman–Crippen LogP) is 1.30. The van der Waals surface area contributed by atoms with Crippen LogP contribution in [0, 0.1) is 0 Å². The number of hydrogen-bond donors (Lipinski definition) is 2. The molecule has 0 saturated heterocycles. The van der Waals surface area contributed by atoms with E-state index in [-0.39, 0.29) is 6.04 Å². The number of nitrogens with two attached hydrogens (primary N) is 1. The SMILES string of the molecule is C[C@@H](N)[C@@H](O)CCOCc1ccccc1. The molecule has 0 fully saturated rings. The average molecular weight is 209 g/mol. The lowest BCUT2D eigenvalue weighted by atomic mass is 10.1. The second kappa shape index (κ2) is 6.56. The summed E-state index contributed by atoms with van der Waals surface area (Å²) in [7, 11) is 0. The van der Waals surface area contributed by atoms with Gasteiger partial charge in [0.2, 0.25) is 0 Å². The minimum atomic E-state index is -0.472. The zero-order valence-electron chi connectivity index (χ0n) is 9.10. The van der Waals surface area contributed by atoms with E-state index < -0.39 is 6.10 Å². The van der Waals surface area contributed by atoms with E-state index in [1.807, 2.05) is 30.3 Å². The lowest BCUT2D eigenvalue weighted by Crippen LogP contribution is -2.32. The summed E-state index contributed by atoms with van der Waals surface area (Å²) in [6.45, 7) is 2.92. The minimum absolute atomic E-state index is 0.190. The van der Waals surface area contributed by atoms with E-state index in [2.05, 4.69) is 0 Å². The summed E-state index contributed by atoms with van der Waals surface area (Å²) in [6.07, 6.45) is 0.116. The van der Waals surface area contributed by atoms with Crippen molar-refractivity contribution in [3.05, 3.63) is 35.9 Å². The Labute approximate surface area is 90.9 Å². The normalized spacial score (nSPS) is 14.9. The molecule has 1 aromatic carbocycles. The fourth-order valence-electron chi connectivity index (χ4n) is 1.23. The Morgan fingerprint density at radius 2 is 2.00 bits per heavy atom. The van der Waals surface area contributed by atoms with Crippen molar-refractivity contribution >= 4 is 0 Å². The molecule has 0 aliphatic heterocycles. The van der Waals surface area contributed by atoms with Crippen molar-refractivity contribution in [2.24, 2.45) is 5.73 Å². The van der Waals surface area contributed by atoms with E-state index >= 15 is 0 Å². The van der Waals surface area contributed by atoms with Crippen LogP contribution >= 0.6 is 0 Å². The van der Waals surface area contributed by atoms with Gasteiger partial charge in [-0.1, -0.05) is 30.3 Å². The largest absolute Gasteiger partial charge is 0.391 e. The first-order valence-electron chi connectivity index (χ1n) is 5.25. The summed E-state index contributed by atoms with van der Waals surface area (Å²) >= 11 is 0. The van der Waals surface area contributed by atoms with E-state index in [9.17, 15) is 5.11 Å². The van der Waals surface area contributed by atoms with E-state index in [0.717, 1.165) is 5.56 Å². The molecule has 1 rings (SSSR count). The van der Waals surface area contributed by atoms with E-state index in [0.29, 0.717) is 19.6 Å². The zero-order valence-corrected chi connectivity index (χ0v) is 9.10. The fourth-order valence-corrected chi connectivity index (χ4v) is 1.23. The van der Waals surface area contributed by atoms with Gasteiger partial charge in [0.05, 0.1) is 12.7 Å². The molecule has 0 aliphatic rings. The van der Waals surface area contributed by atoms with Crippen molar-refractivity contribution in [2.45, 2.75) is 32.1 Å². The molecule has 0 amide bonds. The van der Waals surface area contributed by atoms with Crippen LogP contribution in [0.15, 0.2) is 30.3 Å². The van der Waals surface area contributed by atoms with Crippen LogP contribution in [-0.4, -0.2) is 23.9 Å². The summed E-state index contributed by atoms with van der Waals surface area (Å²) in [6, 6.07) is 9.78. The first kappa shape index (κ1) is 12.2. The Balaban J connectivity index is 2.12. The highest BCUT2D eigenvalue weighted by atomic mass is 16.5. The molecule has 0 unspecified atom stereocenters. The molecular formula is C12H19NO2. The average Bonchev–Trinajstić information content (AvgIpc) is 2.25. The monoisotopic (exact) mass is 209 g/mol. The molecule has 0 radical (unpaired) electrons. The number of benzene rings is 1. The van der Waals surface area contributed by atoms with Crippen molar-refractivity contribution in [3.8, 4) is 0 Å². The number of aliphatic hydroxyl groups excluding tert-OH is 1. The highest BCUT2D eigenvalue weighted by Crippen LogP contribution is 2.02. The molecule has 3 nitrogen and oxygen atoms in total. The maximum atomic E-state index is 9.42. The van der Waals surface area contributed by atoms with Crippen molar-refractivity contribution in [3.63, 3.8) is 0 Å².